The van der Waals surface area contributed by atoms with E-state index in [2.05, 4.69) is 30.6 Å². The minimum Gasteiger partial charge on any atom is -0.396 e. The van der Waals surface area contributed by atoms with E-state index in [9.17, 15) is 14.9 Å². The highest BCUT2D eigenvalue weighted by Gasteiger charge is 2.25. The molecule has 1 N–H and O–H groups in total. The van der Waals surface area contributed by atoms with Crippen molar-refractivity contribution in [1.82, 2.24) is 9.80 Å². The summed E-state index contributed by atoms with van der Waals surface area (Å²) in [5.41, 5.74) is 1.11. The van der Waals surface area contributed by atoms with Gasteiger partial charge in [0.25, 0.3) is 5.69 Å². The predicted octanol–water partition coefficient (Wildman–Crippen LogP) is 1.97. The number of amides is 1. The van der Waals surface area contributed by atoms with Crippen LogP contribution >= 0.6 is 0 Å². The maximum Gasteiger partial charge on any atom is 0.269 e. The van der Waals surface area contributed by atoms with Gasteiger partial charge in [0.2, 0.25) is 5.91 Å². The molecule has 0 aliphatic carbocycles. The molecule has 0 atom stereocenters. The lowest BCUT2D eigenvalue weighted by molar-refractivity contribution is -0.384. The van der Waals surface area contributed by atoms with Gasteiger partial charge in [0.15, 0.2) is 0 Å². The average molecular weight is 393 g/mol. The summed E-state index contributed by atoms with van der Waals surface area (Å²) in [5, 5.41) is 19.9. The molecule has 1 saturated heterocycles. The Morgan fingerprint density at radius 1 is 1.18 bits per heavy atom. The molecule has 1 fully saturated rings. The quantitative estimate of drug-likeness (QED) is 0.537. The first-order chi connectivity index (χ1) is 13.2. The van der Waals surface area contributed by atoms with Crippen LogP contribution in [0.2, 0.25) is 0 Å². The number of aliphatic hydroxyl groups is 1. The fourth-order valence-electron chi connectivity index (χ4n) is 3.47. The normalized spacial score (nSPS) is 15.2. The van der Waals surface area contributed by atoms with E-state index in [1.165, 1.54) is 12.1 Å². The second-order valence-corrected chi connectivity index (χ2v) is 8.49. The zero-order chi connectivity index (χ0) is 20.7. The van der Waals surface area contributed by atoms with E-state index in [4.69, 9.17) is 5.11 Å². The Balaban J connectivity index is 1.88. The fourth-order valence-corrected chi connectivity index (χ4v) is 3.47. The number of nitro benzene ring substituents is 1. The second-order valence-electron chi connectivity index (χ2n) is 8.49. The molecule has 8 heteroatoms. The number of hydrogen-bond acceptors (Lipinski definition) is 6. The van der Waals surface area contributed by atoms with Gasteiger partial charge in [-0.25, -0.2) is 0 Å². The summed E-state index contributed by atoms with van der Waals surface area (Å²) in [6.07, 6.45) is 0.664. The number of piperazine rings is 1. The van der Waals surface area contributed by atoms with Crippen molar-refractivity contribution in [2.75, 3.05) is 57.3 Å². The van der Waals surface area contributed by atoms with Crippen molar-refractivity contribution in [2.45, 2.75) is 27.2 Å². The number of carbonyl (C=O) groups is 1. The highest BCUT2D eigenvalue weighted by molar-refractivity contribution is 5.78. The molecule has 0 radical (unpaired) electrons. The second kappa shape index (κ2) is 9.84. The van der Waals surface area contributed by atoms with E-state index >= 15 is 0 Å². The number of aliphatic hydroxyl groups excluding tert-OH is 1. The van der Waals surface area contributed by atoms with E-state index in [-0.39, 0.29) is 23.6 Å². The lowest BCUT2D eigenvalue weighted by Gasteiger charge is -2.37. The van der Waals surface area contributed by atoms with E-state index in [0.717, 1.165) is 12.2 Å². The van der Waals surface area contributed by atoms with Crippen LogP contribution in [-0.2, 0) is 4.79 Å². The highest BCUT2D eigenvalue weighted by atomic mass is 16.6. The van der Waals surface area contributed by atoms with Crippen LogP contribution in [0.5, 0.6) is 0 Å². The number of nitrogens with zero attached hydrogens (tertiary/aromatic N) is 4. The maximum atomic E-state index is 12.7. The first-order valence-corrected chi connectivity index (χ1v) is 9.80. The number of carbonyl (C=O) groups excluding carboxylic acids is 1. The molecule has 0 bridgehead atoms. The first kappa shape index (κ1) is 22.1. The van der Waals surface area contributed by atoms with Gasteiger partial charge in [-0.1, -0.05) is 20.8 Å². The zero-order valence-electron chi connectivity index (χ0n) is 17.1. The van der Waals surface area contributed by atoms with Gasteiger partial charge in [-0.05, 0) is 24.0 Å². The molecule has 1 amide bonds. The van der Waals surface area contributed by atoms with Crippen molar-refractivity contribution in [2.24, 2.45) is 5.41 Å². The van der Waals surface area contributed by atoms with Crippen molar-refractivity contribution >= 4 is 17.3 Å². The molecule has 2 rings (SSSR count). The molecule has 0 spiro atoms. The van der Waals surface area contributed by atoms with Crippen LogP contribution in [0.3, 0.4) is 0 Å². The fraction of sp³-hybridized carbons (Fsp3) is 0.650. The number of nitro groups is 1. The van der Waals surface area contributed by atoms with Crippen LogP contribution in [-0.4, -0.2) is 78.2 Å². The summed E-state index contributed by atoms with van der Waals surface area (Å²) in [4.78, 5) is 29.3. The minimum absolute atomic E-state index is 0.0828. The maximum absolute atomic E-state index is 12.7. The van der Waals surface area contributed by atoms with Crippen molar-refractivity contribution in [1.29, 1.82) is 0 Å². The van der Waals surface area contributed by atoms with Crippen LogP contribution in [0.25, 0.3) is 0 Å². The molecule has 28 heavy (non-hydrogen) atoms. The number of rotatable bonds is 8. The highest BCUT2D eigenvalue weighted by Crippen LogP contribution is 2.21. The van der Waals surface area contributed by atoms with Gasteiger partial charge in [0, 0.05) is 63.7 Å². The Bertz CT molecular complexity index is 649. The first-order valence-electron chi connectivity index (χ1n) is 9.80. The van der Waals surface area contributed by atoms with Gasteiger partial charge in [0.05, 0.1) is 11.5 Å². The lowest BCUT2D eigenvalue weighted by atomic mass is 9.96. The molecule has 1 heterocycles. The molecular formula is C20H32N4O4. The predicted molar refractivity (Wildman–Crippen MR) is 109 cm³/mol. The smallest absolute Gasteiger partial charge is 0.269 e. The molecule has 1 aromatic carbocycles. The number of non-ortho nitro benzene ring substituents is 1. The Morgan fingerprint density at radius 2 is 1.79 bits per heavy atom. The molecular weight excluding hydrogens is 360 g/mol. The molecule has 0 unspecified atom stereocenters. The Labute approximate surface area is 166 Å². The van der Waals surface area contributed by atoms with Crippen molar-refractivity contribution in [3.63, 3.8) is 0 Å². The lowest BCUT2D eigenvalue weighted by Crippen LogP contribution is -2.52. The molecule has 8 nitrogen and oxygen atoms in total. The van der Waals surface area contributed by atoms with Gasteiger partial charge in [-0.15, -0.1) is 0 Å². The van der Waals surface area contributed by atoms with E-state index in [0.29, 0.717) is 45.7 Å². The molecule has 156 valence electrons. The van der Waals surface area contributed by atoms with Crippen molar-refractivity contribution in [3.8, 4) is 0 Å². The van der Waals surface area contributed by atoms with Crippen molar-refractivity contribution < 1.29 is 14.8 Å². The van der Waals surface area contributed by atoms with Crippen LogP contribution in [0, 0.1) is 15.5 Å². The standard InChI is InChI=1S/C20H32N4O4/c1-20(2,3)16-21(9-4-14-25)15-19(26)23-12-10-22(11-13-23)17-5-7-18(8-6-17)24(27)28/h5-8,25H,4,9-16H2,1-3H3. The topological polar surface area (TPSA) is 90.2 Å². The van der Waals surface area contributed by atoms with Crippen LogP contribution in [0.4, 0.5) is 11.4 Å². The molecule has 1 aromatic rings. The van der Waals surface area contributed by atoms with Crippen molar-refractivity contribution in [3.05, 3.63) is 34.4 Å². The average Bonchev–Trinajstić information content (AvgIpc) is 2.65. The summed E-state index contributed by atoms with van der Waals surface area (Å²) in [5.74, 6) is 0.116. The van der Waals surface area contributed by atoms with E-state index in [1.54, 1.807) is 12.1 Å². The van der Waals surface area contributed by atoms with Crippen LogP contribution < -0.4 is 4.90 Å². The third-order valence-electron chi connectivity index (χ3n) is 4.75. The van der Waals surface area contributed by atoms with E-state index in [1.807, 2.05) is 4.90 Å². The van der Waals surface area contributed by atoms with Gasteiger partial charge in [0.1, 0.15) is 0 Å². The number of anilines is 1. The summed E-state index contributed by atoms with van der Waals surface area (Å²) in [6.45, 7) is 11.1. The summed E-state index contributed by atoms with van der Waals surface area (Å²) >= 11 is 0. The largest absolute Gasteiger partial charge is 0.396 e. The summed E-state index contributed by atoms with van der Waals surface area (Å²) < 4.78 is 0. The monoisotopic (exact) mass is 392 g/mol. The Morgan fingerprint density at radius 3 is 2.29 bits per heavy atom. The number of benzene rings is 1. The van der Waals surface area contributed by atoms with E-state index < -0.39 is 4.92 Å². The van der Waals surface area contributed by atoms with Gasteiger partial charge < -0.3 is 14.9 Å². The molecule has 0 aromatic heterocycles. The summed E-state index contributed by atoms with van der Waals surface area (Å²) in [6, 6.07) is 6.54. The molecule has 0 saturated carbocycles. The van der Waals surface area contributed by atoms with Gasteiger partial charge in [-0.3, -0.25) is 19.8 Å². The van der Waals surface area contributed by atoms with Gasteiger partial charge in [-0.2, -0.15) is 0 Å². The zero-order valence-corrected chi connectivity index (χ0v) is 17.1. The molecule has 1 aliphatic rings. The Hall–Kier alpha value is -2.19. The minimum atomic E-state index is -0.402. The third-order valence-corrected chi connectivity index (χ3v) is 4.75. The van der Waals surface area contributed by atoms with Crippen LogP contribution in [0.1, 0.15) is 27.2 Å². The third kappa shape index (κ3) is 6.76. The molecule has 1 aliphatic heterocycles. The summed E-state index contributed by atoms with van der Waals surface area (Å²) in [7, 11) is 0. The number of hydrogen-bond donors (Lipinski definition) is 1. The Kier molecular flexibility index (Phi) is 7.77. The SMILES string of the molecule is CC(C)(C)CN(CCCO)CC(=O)N1CCN(c2ccc([N+](=O)[O-])cc2)CC1. The van der Waals surface area contributed by atoms with Gasteiger partial charge >= 0.3 is 0 Å². The van der Waals surface area contributed by atoms with Crippen LogP contribution in [0.15, 0.2) is 24.3 Å².